The summed E-state index contributed by atoms with van der Waals surface area (Å²) >= 11 is 0. The number of anilines is 2. The molecule has 0 atom stereocenters. The molecule has 3 rings (SSSR count). The normalized spacial score (nSPS) is 16.5. The standard InChI is InChI=1S/C15H19N3O/c1-10-6-11-12(7-17-10)13(16)2-3-14(11)18-8-15(9-19)4-5-15/h2-3,6-7,18-19H,4-5,8-9,16H2,1H3. The highest BCUT2D eigenvalue weighted by Gasteiger charge is 2.41. The second kappa shape index (κ2) is 4.38. The summed E-state index contributed by atoms with van der Waals surface area (Å²) in [6.45, 7) is 3.04. The Balaban J connectivity index is 1.94. The van der Waals surface area contributed by atoms with Crippen molar-refractivity contribution in [2.75, 3.05) is 24.2 Å². The van der Waals surface area contributed by atoms with Gasteiger partial charge in [-0.2, -0.15) is 0 Å². The first kappa shape index (κ1) is 12.2. The Morgan fingerprint density at radius 1 is 1.37 bits per heavy atom. The van der Waals surface area contributed by atoms with Crippen LogP contribution >= 0.6 is 0 Å². The van der Waals surface area contributed by atoms with E-state index in [-0.39, 0.29) is 12.0 Å². The molecule has 4 nitrogen and oxygen atoms in total. The zero-order valence-corrected chi connectivity index (χ0v) is 11.1. The Labute approximate surface area is 112 Å². The van der Waals surface area contributed by atoms with Gasteiger partial charge in [0.2, 0.25) is 0 Å². The summed E-state index contributed by atoms with van der Waals surface area (Å²) in [7, 11) is 0. The third kappa shape index (κ3) is 2.24. The van der Waals surface area contributed by atoms with E-state index in [1.807, 2.05) is 31.3 Å². The van der Waals surface area contributed by atoms with Gasteiger partial charge in [-0.25, -0.2) is 0 Å². The molecule has 19 heavy (non-hydrogen) atoms. The van der Waals surface area contributed by atoms with Crippen molar-refractivity contribution < 1.29 is 5.11 Å². The number of fused-ring (bicyclic) bond motifs is 1. The van der Waals surface area contributed by atoms with Gasteiger partial charge in [-0.3, -0.25) is 4.98 Å². The molecule has 0 bridgehead atoms. The van der Waals surface area contributed by atoms with Crippen LogP contribution in [0.5, 0.6) is 0 Å². The van der Waals surface area contributed by atoms with Crippen LogP contribution in [0.2, 0.25) is 0 Å². The van der Waals surface area contributed by atoms with Crippen molar-refractivity contribution in [3.63, 3.8) is 0 Å². The fourth-order valence-electron chi connectivity index (χ4n) is 2.37. The first-order valence-electron chi connectivity index (χ1n) is 6.63. The lowest BCUT2D eigenvalue weighted by Gasteiger charge is -2.16. The van der Waals surface area contributed by atoms with E-state index >= 15 is 0 Å². The summed E-state index contributed by atoms with van der Waals surface area (Å²) < 4.78 is 0. The Morgan fingerprint density at radius 2 is 2.16 bits per heavy atom. The molecule has 4 heteroatoms. The number of hydrogen-bond acceptors (Lipinski definition) is 4. The lowest BCUT2D eigenvalue weighted by molar-refractivity contribution is 0.220. The monoisotopic (exact) mass is 257 g/mol. The van der Waals surface area contributed by atoms with E-state index in [9.17, 15) is 5.11 Å². The second-order valence-corrected chi connectivity index (χ2v) is 5.59. The molecule has 1 saturated carbocycles. The van der Waals surface area contributed by atoms with Gasteiger partial charge in [0.15, 0.2) is 0 Å². The predicted molar refractivity (Wildman–Crippen MR) is 78.1 cm³/mol. The second-order valence-electron chi connectivity index (χ2n) is 5.59. The van der Waals surface area contributed by atoms with Crippen LogP contribution in [0.4, 0.5) is 11.4 Å². The van der Waals surface area contributed by atoms with E-state index in [2.05, 4.69) is 10.3 Å². The molecule has 1 aromatic carbocycles. The molecule has 2 aromatic rings. The summed E-state index contributed by atoms with van der Waals surface area (Å²) in [6, 6.07) is 5.96. The topological polar surface area (TPSA) is 71.2 Å². The van der Waals surface area contributed by atoms with Crippen molar-refractivity contribution >= 4 is 22.1 Å². The molecule has 100 valence electrons. The van der Waals surface area contributed by atoms with Crippen molar-refractivity contribution in [1.82, 2.24) is 4.98 Å². The van der Waals surface area contributed by atoms with Gasteiger partial charge in [-0.05, 0) is 38.0 Å². The summed E-state index contributed by atoms with van der Waals surface area (Å²) in [5.41, 5.74) is 8.87. The minimum absolute atomic E-state index is 0.0930. The molecule has 1 aromatic heterocycles. The molecule has 0 aliphatic heterocycles. The van der Waals surface area contributed by atoms with Gasteiger partial charge in [0.05, 0.1) is 6.61 Å². The van der Waals surface area contributed by atoms with E-state index in [1.165, 1.54) is 0 Å². The average molecular weight is 257 g/mol. The third-order valence-corrected chi connectivity index (χ3v) is 4.02. The number of benzene rings is 1. The maximum atomic E-state index is 9.37. The van der Waals surface area contributed by atoms with E-state index in [0.29, 0.717) is 0 Å². The zero-order valence-electron chi connectivity index (χ0n) is 11.1. The van der Waals surface area contributed by atoms with Gasteiger partial charge in [0.25, 0.3) is 0 Å². The van der Waals surface area contributed by atoms with Crippen molar-refractivity contribution in [2.45, 2.75) is 19.8 Å². The first-order valence-corrected chi connectivity index (χ1v) is 6.63. The molecule has 0 radical (unpaired) electrons. The summed E-state index contributed by atoms with van der Waals surface area (Å²) in [5, 5.41) is 14.9. The smallest absolute Gasteiger partial charge is 0.0504 e. The number of aryl methyl sites for hydroxylation is 1. The maximum absolute atomic E-state index is 9.37. The van der Waals surface area contributed by atoms with Gasteiger partial charge in [0.1, 0.15) is 0 Å². The molecule has 1 aliphatic carbocycles. The number of rotatable bonds is 4. The molecular formula is C15H19N3O. The molecule has 1 heterocycles. The fourth-order valence-corrected chi connectivity index (χ4v) is 2.37. The van der Waals surface area contributed by atoms with E-state index < -0.39 is 0 Å². The van der Waals surface area contributed by atoms with Crippen LogP contribution < -0.4 is 11.1 Å². The Kier molecular flexibility index (Phi) is 2.82. The Morgan fingerprint density at radius 3 is 2.84 bits per heavy atom. The minimum atomic E-state index is 0.0930. The van der Waals surface area contributed by atoms with Crippen LogP contribution in [0, 0.1) is 12.3 Å². The molecule has 1 fully saturated rings. The average Bonchev–Trinajstić information content (AvgIpc) is 3.18. The van der Waals surface area contributed by atoms with E-state index in [4.69, 9.17) is 5.73 Å². The number of aliphatic hydroxyl groups is 1. The number of aliphatic hydroxyl groups excluding tert-OH is 1. The van der Waals surface area contributed by atoms with Crippen molar-refractivity contribution in [3.8, 4) is 0 Å². The molecule has 0 spiro atoms. The lowest BCUT2D eigenvalue weighted by atomic mass is 10.1. The number of nitrogens with two attached hydrogens (primary N) is 1. The van der Waals surface area contributed by atoms with Crippen molar-refractivity contribution in [1.29, 1.82) is 0 Å². The number of pyridine rings is 1. The number of nitrogens with one attached hydrogen (secondary N) is 1. The van der Waals surface area contributed by atoms with Gasteiger partial charge in [-0.1, -0.05) is 0 Å². The van der Waals surface area contributed by atoms with Gasteiger partial charge in [-0.15, -0.1) is 0 Å². The molecule has 0 amide bonds. The highest BCUT2D eigenvalue weighted by molar-refractivity contribution is 6.00. The number of hydrogen-bond donors (Lipinski definition) is 3. The van der Waals surface area contributed by atoms with Crippen molar-refractivity contribution in [3.05, 3.63) is 30.1 Å². The van der Waals surface area contributed by atoms with Crippen LogP contribution in [-0.4, -0.2) is 23.2 Å². The molecule has 4 N–H and O–H groups in total. The zero-order chi connectivity index (χ0) is 13.5. The van der Waals surface area contributed by atoms with Crippen LogP contribution in [0.3, 0.4) is 0 Å². The Hall–Kier alpha value is -1.81. The third-order valence-electron chi connectivity index (χ3n) is 4.02. The quantitative estimate of drug-likeness (QED) is 0.735. The summed E-state index contributed by atoms with van der Waals surface area (Å²) in [5.74, 6) is 0. The fraction of sp³-hybridized carbons (Fsp3) is 0.400. The van der Waals surface area contributed by atoms with Crippen LogP contribution in [0.25, 0.3) is 10.8 Å². The van der Waals surface area contributed by atoms with E-state index in [1.54, 1.807) is 0 Å². The maximum Gasteiger partial charge on any atom is 0.0504 e. The first-order chi connectivity index (χ1) is 9.13. The summed E-state index contributed by atoms with van der Waals surface area (Å²) in [6.07, 6.45) is 4.03. The number of aromatic nitrogens is 1. The SMILES string of the molecule is Cc1cc2c(NCC3(CO)CC3)ccc(N)c2cn1. The van der Waals surface area contributed by atoms with Crippen LogP contribution in [-0.2, 0) is 0 Å². The predicted octanol–water partition coefficient (Wildman–Crippen LogP) is 2.31. The van der Waals surface area contributed by atoms with Crippen LogP contribution in [0.15, 0.2) is 24.4 Å². The number of nitrogens with zero attached hydrogens (tertiary/aromatic N) is 1. The van der Waals surface area contributed by atoms with Gasteiger partial charge >= 0.3 is 0 Å². The molecule has 0 unspecified atom stereocenters. The molecule has 1 aliphatic rings. The lowest BCUT2D eigenvalue weighted by Crippen LogP contribution is -2.19. The Bertz CT molecular complexity index is 620. The number of nitrogen functional groups attached to an aromatic ring is 1. The molecule has 0 saturated heterocycles. The highest BCUT2D eigenvalue weighted by Crippen LogP contribution is 2.45. The molecular weight excluding hydrogens is 238 g/mol. The van der Waals surface area contributed by atoms with Crippen molar-refractivity contribution in [2.24, 2.45) is 5.41 Å². The highest BCUT2D eigenvalue weighted by atomic mass is 16.3. The largest absolute Gasteiger partial charge is 0.398 e. The van der Waals surface area contributed by atoms with E-state index in [0.717, 1.165) is 47.2 Å². The van der Waals surface area contributed by atoms with Crippen LogP contribution in [0.1, 0.15) is 18.5 Å². The minimum Gasteiger partial charge on any atom is -0.398 e. The van der Waals surface area contributed by atoms with Gasteiger partial charge in [0, 0.05) is 46.0 Å². The van der Waals surface area contributed by atoms with Gasteiger partial charge < -0.3 is 16.2 Å². The summed E-state index contributed by atoms with van der Waals surface area (Å²) in [4.78, 5) is 4.30.